The highest BCUT2D eigenvalue weighted by molar-refractivity contribution is 6.04. The molecule has 0 saturated carbocycles. The Balaban J connectivity index is 2.33. The third-order valence-corrected chi connectivity index (χ3v) is 2.66. The monoisotopic (exact) mass is 226 g/mol. The number of primary amides is 1. The van der Waals surface area contributed by atoms with Gasteiger partial charge in [0.1, 0.15) is 5.56 Å². The van der Waals surface area contributed by atoms with Crippen LogP contribution in [0.4, 0.5) is 0 Å². The SMILES string of the molecule is NC(=O)c1c(-c2ccccc2)[nH]n2ccnc12. The lowest BCUT2D eigenvalue weighted by Gasteiger charge is -1.99. The standard InChI is InChI=1S/C12H10N4O/c13-11(17)9-10(8-4-2-1-3-5-8)15-16-7-6-14-12(9)16/h1-7,15H,(H2,13,17). The Morgan fingerprint density at radius 1 is 1.29 bits per heavy atom. The van der Waals surface area contributed by atoms with Crippen LogP contribution in [0.3, 0.4) is 0 Å². The van der Waals surface area contributed by atoms with E-state index in [9.17, 15) is 4.79 Å². The van der Waals surface area contributed by atoms with E-state index >= 15 is 0 Å². The van der Waals surface area contributed by atoms with Gasteiger partial charge in [-0.3, -0.25) is 9.89 Å². The fourth-order valence-electron chi connectivity index (χ4n) is 1.91. The predicted octanol–water partition coefficient (Wildman–Crippen LogP) is 1.43. The zero-order valence-electron chi connectivity index (χ0n) is 8.92. The molecule has 0 radical (unpaired) electrons. The molecule has 3 aromatic rings. The first-order valence-electron chi connectivity index (χ1n) is 5.17. The number of hydrogen-bond donors (Lipinski definition) is 2. The lowest BCUT2D eigenvalue weighted by Crippen LogP contribution is -2.11. The number of fused-ring (bicyclic) bond motifs is 1. The van der Waals surface area contributed by atoms with Crippen LogP contribution in [-0.4, -0.2) is 20.5 Å². The van der Waals surface area contributed by atoms with E-state index in [-0.39, 0.29) is 0 Å². The minimum absolute atomic E-state index is 0.418. The molecule has 1 amide bonds. The van der Waals surface area contributed by atoms with Gasteiger partial charge < -0.3 is 5.73 Å². The van der Waals surface area contributed by atoms with E-state index in [0.717, 1.165) is 5.56 Å². The summed E-state index contributed by atoms with van der Waals surface area (Å²) in [6, 6.07) is 9.56. The molecule has 5 heteroatoms. The van der Waals surface area contributed by atoms with Gasteiger partial charge in [-0.15, -0.1) is 0 Å². The average molecular weight is 226 g/mol. The van der Waals surface area contributed by atoms with Gasteiger partial charge in [0.25, 0.3) is 5.91 Å². The fraction of sp³-hybridized carbons (Fsp3) is 0. The van der Waals surface area contributed by atoms with E-state index in [1.807, 2.05) is 30.3 Å². The molecule has 3 N–H and O–H groups in total. The number of amides is 1. The zero-order chi connectivity index (χ0) is 11.8. The molecule has 5 nitrogen and oxygen atoms in total. The Morgan fingerprint density at radius 2 is 2.06 bits per heavy atom. The van der Waals surface area contributed by atoms with E-state index < -0.39 is 5.91 Å². The highest BCUT2D eigenvalue weighted by Crippen LogP contribution is 2.24. The van der Waals surface area contributed by atoms with Gasteiger partial charge in [0, 0.05) is 18.0 Å². The summed E-state index contributed by atoms with van der Waals surface area (Å²) in [6.07, 6.45) is 3.36. The van der Waals surface area contributed by atoms with Crippen LogP contribution in [0.15, 0.2) is 42.7 Å². The van der Waals surface area contributed by atoms with E-state index in [1.165, 1.54) is 0 Å². The quantitative estimate of drug-likeness (QED) is 0.693. The summed E-state index contributed by atoms with van der Waals surface area (Å²) in [5, 5.41) is 3.10. The first kappa shape index (κ1) is 9.65. The zero-order valence-corrected chi connectivity index (χ0v) is 8.92. The van der Waals surface area contributed by atoms with Crippen LogP contribution in [0.5, 0.6) is 0 Å². The van der Waals surface area contributed by atoms with Gasteiger partial charge >= 0.3 is 0 Å². The van der Waals surface area contributed by atoms with Crippen molar-refractivity contribution >= 4 is 11.6 Å². The molecule has 3 rings (SSSR count). The van der Waals surface area contributed by atoms with Crippen molar-refractivity contribution < 1.29 is 4.79 Å². The second-order valence-corrected chi connectivity index (χ2v) is 3.71. The molecule has 0 unspecified atom stereocenters. The number of aromatic amines is 1. The van der Waals surface area contributed by atoms with E-state index in [4.69, 9.17) is 5.73 Å². The topological polar surface area (TPSA) is 76.2 Å². The van der Waals surface area contributed by atoms with Gasteiger partial charge in [-0.1, -0.05) is 30.3 Å². The number of carbonyl (C=O) groups is 1. The lowest BCUT2D eigenvalue weighted by molar-refractivity contribution is 0.100. The lowest BCUT2D eigenvalue weighted by atomic mass is 10.1. The molecule has 0 fully saturated rings. The second-order valence-electron chi connectivity index (χ2n) is 3.71. The first-order valence-corrected chi connectivity index (χ1v) is 5.17. The molecule has 0 saturated heterocycles. The number of aromatic nitrogens is 3. The number of hydrogen-bond acceptors (Lipinski definition) is 2. The molecule has 2 heterocycles. The normalized spacial score (nSPS) is 10.8. The molecule has 17 heavy (non-hydrogen) atoms. The summed E-state index contributed by atoms with van der Waals surface area (Å²) in [5.41, 5.74) is 7.98. The molecule has 84 valence electrons. The maximum atomic E-state index is 11.5. The maximum absolute atomic E-state index is 11.5. The molecule has 0 bridgehead atoms. The van der Waals surface area contributed by atoms with Crippen molar-refractivity contribution in [2.75, 3.05) is 0 Å². The van der Waals surface area contributed by atoms with Gasteiger partial charge in [0.05, 0.1) is 5.69 Å². The van der Waals surface area contributed by atoms with Crippen molar-refractivity contribution in [2.24, 2.45) is 5.73 Å². The molecule has 2 aromatic heterocycles. The summed E-state index contributed by atoms with van der Waals surface area (Å²) in [4.78, 5) is 15.6. The van der Waals surface area contributed by atoms with E-state index in [0.29, 0.717) is 16.9 Å². The van der Waals surface area contributed by atoms with Crippen molar-refractivity contribution in [2.45, 2.75) is 0 Å². The number of H-pyrrole nitrogens is 1. The summed E-state index contributed by atoms with van der Waals surface area (Å²) < 4.78 is 1.68. The van der Waals surface area contributed by atoms with Crippen molar-refractivity contribution in [3.63, 3.8) is 0 Å². The summed E-state index contributed by atoms with van der Waals surface area (Å²) in [7, 11) is 0. The highest BCUT2D eigenvalue weighted by Gasteiger charge is 2.18. The van der Waals surface area contributed by atoms with Crippen LogP contribution < -0.4 is 5.73 Å². The largest absolute Gasteiger partial charge is 0.365 e. The minimum atomic E-state index is -0.485. The minimum Gasteiger partial charge on any atom is -0.365 e. The van der Waals surface area contributed by atoms with Crippen molar-refractivity contribution in [3.05, 3.63) is 48.3 Å². The van der Waals surface area contributed by atoms with Crippen LogP contribution >= 0.6 is 0 Å². The summed E-state index contributed by atoms with van der Waals surface area (Å²) >= 11 is 0. The molecule has 0 aliphatic carbocycles. The average Bonchev–Trinajstić information content (AvgIpc) is 2.88. The number of imidazole rings is 1. The number of nitrogens with one attached hydrogen (secondary N) is 1. The number of nitrogens with zero attached hydrogens (tertiary/aromatic N) is 2. The van der Waals surface area contributed by atoms with Gasteiger partial charge in [0.2, 0.25) is 0 Å². The van der Waals surface area contributed by atoms with Crippen LogP contribution in [0.25, 0.3) is 16.9 Å². The Bertz CT molecular complexity index is 681. The first-order chi connectivity index (χ1) is 8.27. The third-order valence-electron chi connectivity index (χ3n) is 2.66. The molecule has 0 atom stereocenters. The number of carbonyl (C=O) groups excluding carboxylic acids is 1. The molecule has 0 aliphatic heterocycles. The summed E-state index contributed by atoms with van der Waals surface area (Å²) in [5.74, 6) is -0.485. The maximum Gasteiger partial charge on any atom is 0.254 e. The van der Waals surface area contributed by atoms with Crippen LogP contribution in [-0.2, 0) is 0 Å². The van der Waals surface area contributed by atoms with Gasteiger partial charge in [-0.25, -0.2) is 9.50 Å². The Kier molecular flexibility index (Phi) is 1.98. The number of nitrogens with two attached hydrogens (primary N) is 1. The third kappa shape index (κ3) is 1.40. The van der Waals surface area contributed by atoms with E-state index in [2.05, 4.69) is 10.1 Å². The second kappa shape index (κ2) is 3.48. The fourth-order valence-corrected chi connectivity index (χ4v) is 1.91. The number of rotatable bonds is 2. The van der Waals surface area contributed by atoms with Crippen molar-refractivity contribution in [3.8, 4) is 11.3 Å². The predicted molar refractivity (Wildman–Crippen MR) is 63.5 cm³/mol. The van der Waals surface area contributed by atoms with Gasteiger partial charge in [-0.05, 0) is 0 Å². The van der Waals surface area contributed by atoms with Crippen LogP contribution in [0.1, 0.15) is 10.4 Å². The molecule has 0 spiro atoms. The van der Waals surface area contributed by atoms with E-state index in [1.54, 1.807) is 16.9 Å². The van der Waals surface area contributed by atoms with Gasteiger partial charge in [-0.2, -0.15) is 0 Å². The smallest absolute Gasteiger partial charge is 0.254 e. The van der Waals surface area contributed by atoms with Crippen LogP contribution in [0, 0.1) is 0 Å². The summed E-state index contributed by atoms with van der Waals surface area (Å²) in [6.45, 7) is 0. The number of benzene rings is 1. The molecular weight excluding hydrogens is 216 g/mol. The Labute approximate surface area is 96.9 Å². The molecular formula is C12H10N4O. The molecule has 1 aromatic carbocycles. The van der Waals surface area contributed by atoms with Crippen molar-refractivity contribution in [1.82, 2.24) is 14.6 Å². The Morgan fingerprint density at radius 3 is 2.76 bits per heavy atom. The highest BCUT2D eigenvalue weighted by atomic mass is 16.1. The molecule has 0 aliphatic rings. The van der Waals surface area contributed by atoms with Crippen LogP contribution in [0.2, 0.25) is 0 Å². The van der Waals surface area contributed by atoms with Gasteiger partial charge in [0.15, 0.2) is 5.65 Å². The Hall–Kier alpha value is -2.56. The van der Waals surface area contributed by atoms with Crippen molar-refractivity contribution in [1.29, 1.82) is 0 Å².